The number of carbonyl (C=O) groups excluding carboxylic acids is 2. The molecule has 1 aliphatic rings. The van der Waals surface area contributed by atoms with Crippen LogP contribution >= 0.6 is 0 Å². The lowest BCUT2D eigenvalue weighted by molar-refractivity contribution is -0.169. The van der Waals surface area contributed by atoms with Crippen LogP contribution in [-0.2, 0) is 19.1 Å². The van der Waals surface area contributed by atoms with E-state index in [0.29, 0.717) is 25.0 Å². The second-order valence-corrected chi connectivity index (χ2v) is 7.82. The Balaban J connectivity index is 2.89. The van der Waals surface area contributed by atoms with Crippen molar-refractivity contribution in [3.8, 4) is 0 Å². The number of ether oxygens (including phenoxy) is 2. The summed E-state index contributed by atoms with van der Waals surface area (Å²) in [6, 6.07) is 0. The predicted molar refractivity (Wildman–Crippen MR) is 90.8 cm³/mol. The van der Waals surface area contributed by atoms with E-state index in [1.807, 2.05) is 27.7 Å². The first kappa shape index (κ1) is 20.0. The molecule has 1 rings (SSSR count). The minimum atomic E-state index is -0.368. The van der Waals surface area contributed by atoms with Gasteiger partial charge in [-0.15, -0.1) is 0 Å². The predicted octanol–water partition coefficient (Wildman–Crippen LogP) is 4.07. The van der Waals surface area contributed by atoms with Crippen molar-refractivity contribution >= 4 is 11.9 Å². The molecule has 134 valence electrons. The molecule has 4 heteroatoms. The highest BCUT2D eigenvalue weighted by atomic mass is 16.5. The van der Waals surface area contributed by atoms with Crippen LogP contribution < -0.4 is 0 Å². The van der Waals surface area contributed by atoms with Crippen molar-refractivity contribution < 1.29 is 19.1 Å². The van der Waals surface area contributed by atoms with E-state index < -0.39 is 0 Å². The van der Waals surface area contributed by atoms with Crippen LogP contribution in [0.1, 0.15) is 60.8 Å². The lowest BCUT2D eigenvalue weighted by Gasteiger charge is -2.39. The second kappa shape index (κ2) is 9.29. The van der Waals surface area contributed by atoms with Crippen LogP contribution in [0.25, 0.3) is 0 Å². The summed E-state index contributed by atoms with van der Waals surface area (Å²) in [7, 11) is 0. The molecule has 0 spiro atoms. The van der Waals surface area contributed by atoms with Crippen LogP contribution in [0.15, 0.2) is 0 Å². The highest BCUT2D eigenvalue weighted by molar-refractivity contribution is 5.83. The standard InChI is InChI=1S/C19H34O4/c1-7-15-9-8-14(6)16(18(20)22-10-12(2)3)17(15)19(21)23-11-13(4)5/h12-17H,7-11H2,1-6H3. The van der Waals surface area contributed by atoms with E-state index in [4.69, 9.17) is 9.47 Å². The van der Waals surface area contributed by atoms with E-state index in [-0.39, 0.29) is 35.6 Å². The molecule has 0 bridgehead atoms. The van der Waals surface area contributed by atoms with Crippen LogP contribution in [0.2, 0.25) is 0 Å². The average Bonchev–Trinajstić information content (AvgIpc) is 2.49. The average molecular weight is 326 g/mol. The highest BCUT2D eigenvalue weighted by Gasteiger charge is 2.46. The molecular weight excluding hydrogens is 292 g/mol. The molecule has 0 aliphatic heterocycles. The molecule has 4 atom stereocenters. The van der Waals surface area contributed by atoms with Crippen molar-refractivity contribution in [2.75, 3.05) is 13.2 Å². The molecule has 0 heterocycles. The van der Waals surface area contributed by atoms with Crippen molar-refractivity contribution in [3.63, 3.8) is 0 Å². The van der Waals surface area contributed by atoms with Gasteiger partial charge in [-0.1, -0.05) is 48.0 Å². The lowest BCUT2D eigenvalue weighted by Crippen LogP contribution is -2.44. The van der Waals surface area contributed by atoms with Crippen molar-refractivity contribution in [2.45, 2.75) is 60.8 Å². The Morgan fingerprint density at radius 2 is 1.39 bits per heavy atom. The number of esters is 2. The number of rotatable bonds is 7. The second-order valence-electron chi connectivity index (χ2n) is 7.82. The van der Waals surface area contributed by atoms with Gasteiger partial charge in [0.05, 0.1) is 25.0 Å². The monoisotopic (exact) mass is 326 g/mol. The van der Waals surface area contributed by atoms with Gasteiger partial charge in [-0.2, -0.15) is 0 Å². The summed E-state index contributed by atoms with van der Waals surface area (Å²) >= 11 is 0. The minimum absolute atomic E-state index is 0.161. The summed E-state index contributed by atoms with van der Waals surface area (Å²) in [4.78, 5) is 25.2. The van der Waals surface area contributed by atoms with Crippen LogP contribution in [0.5, 0.6) is 0 Å². The molecule has 1 saturated carbocycles. The maximum atomic E-state index is 12.6. The fourth-order valence-corrected chi connectivity index (χ4v) is 3.35. The van der Waals surface area contributed by atoms with Gasteiger partial charge in [-0.25, -0.2) is 0 Å². The molecule has 1 fully saturated rings. The van der Waals surface area contributed by atoms with Gasteiger partial charge in [0.25, 0.3) is 0 Å². The zero-order valence-corrected chi connectivity index (χ0v) is 15.6. The van der Waals surface area contributed by atoms with Crippen molar-refractivity contribution in [2.24, 2.45) is 35.5 Å². The zero-order chi connectivity index (χ0) is 17.6. The Morgan fingerprint density at radius 1 is 0.913 bits per heavy atom. The lowest BCUT2D eigenvalue weighted by atomic mass is 9.66. The van der Waals surface area contributed by atoms with Gasteiger partial charge in [0.2, 0.25) is 0 Å². The SMILES string of the molecule is CCC1CCC(C)C(C(=O)OCC(C)C)C1C(=O)OCC(C)C. The molecule has 0 aromatic rings. The third kappa shape index (κ3) is 5.82. The molecule has 0 aromatic heterocycles. The number of carbonyl (C=O) groups is 2. The molecule has 4 nitrogen and oxygen atoms in total. The van der Waals surface area contributed by atoms with Crippen molar-refractivity contribution in [3.05, 3.63) is 0 Å². The molecule has 0 amide bonds. The number of hydrogen-bond donors (Lipinski definition) is 0. The Bertz CT molecular complexity index is 389. The molecule has 0 N–H and O–H groups in total. The molecule has 1 aliphatic carbocycles. The topological polar surface area (TPSA) is 52.6 Å². The van der Waals surface area contributed by atoms with E-state index in [9.17, 15) is 9.59 Å². The zero-order valence-electron chi connectivity index (χ0n) is 15.6. The maximum absolute atomic E-state index is 12.6. The molecule has 0 saturated heterocycles. The molecule has 23 heavy (non-hydrogen) atoms. The Hall–Kier alpha value is -1.06. The van der Waals surface area contributed by atoms with Crippen LogP contribution in [0.3, 0.4) is 0 Å². The molecular formula is C19H34O4. The smallest absolute Gasteiger partial charge is 0.310 e. The largest absolute Gasteiger partial charge is 0.465 e. The first-order valence-corrected chi connectivity index (χ1v) is 9.11. The van der Waals surface area contributed by atoms with Gasteiger partial charge in [-0.3, -0.25) is 9.59 Å². The summed E-state index contributed by atoms with van der Waals surface area (Å²) in [5.41, 5.74) is 0. The van der Waals surface area contributed by atoms with Crippen molar-refractivity contribution in [1.29, 1.82) is 0 Å². The molecule has 0 aromatic carbocycles. The summed E-state index contributed by atoms with van der Waals surface area (Å²) in [5, 5.41) is 0. The van der Waals surface area contributed by atoms with Crippen LogP contribution in [0.4, 0.5) is 0 Å². The van der Waals surface area contributed by atoms with Gasteiger partial charge < -0.3 is 9.47 Å². The first-order chi connectivity index (χ1) is 10.8. The van der Waals surface area contributed by atoms with E-state index >= 15 is 0 Å². The summed E-state index contributed by atoms with van der Waals surface area (Å²) < 4.78 is 10.9. The van der Waals surface area contributed by atoms with E-state index in [1.54, 1.807) is 0 Å². The van der Waals surface area contributed by atoms with Crippen LogP contribution in [-0.4, -0.2) is 25.2 Å². The van der Waals surface area contributed by atoms with Gasteiger partial charge in [0.15, 0.2) is 0 Å². The van der Waals surface area contributed by atoms with Gasteiger partial charge in [0, 0.05) is 0 Å². The fourth-order valence-electron chi connectivity index (χ4n) is 3.35. The Kier molecular flexibility index (Phi) is 8.07. The number of hydrogen-bond acceptors (Lipinski definition) is 4. The van der Waals surface area contributed by atoms with Gasteiger partial charge >= 0.3 is 11.9 Å². The van der Waals surface area contributed by atoms with Crippen molar-refractivity contribution in [1.82, 2.24) is 0 Å². The quantitative estimate of drug-likeness (QED) is 0.662. The fraction of sp³-hybridized carbons (Fsp3) is 0.895. The Labute approximate surface area is 141 Å². The summed E-state index contributed by atoms with van der Waals surface area (Å²) in [5.74, 6) is -0.206. The summed E-state index contributed by atoms with van der Waals surface area (Å²) in [6.07, 6.45) is 2.84. The normalized spacial score (nSPS) is 28.0. The van der Waals surface area contributed by atoms with Crippen LogP contribution in [0, 0.1) is 35.5 Å². The minimum Gasteiger partial charge on any atom is -0.465 e. The third-order valence-corrected chi connectivity index (χ3v) is 4.69. The Morgan fingerprint density at radius 3 is 1.83 bits per heavy atom. The molecule has 0 radical (unpaired) electrons. The summed E-state index contributed by atoms with van der Waals surface area (Å²) in [6.45, 7) is 13.0. The van der Waals surface area contributed by atoms with Gasteiger partial charge in [0.1, 0.15) is 0 Å². The van der Waals surface area contributed by atoms with E-state index in [0.717, 1.165) is 19.3 Å². The first-order valence-electron chi connectivity index (χ1n) is 9.11. The highest BCUT2D eigenvalue weighted by Crippen LogP contribution is 2.41. The van der Waals surface area contributed by atoms with E-state index in [1.165, 1.54) is 0 Å². The molecule has 4 unspecified atom stereocenters. The van der Waals surface area contributed by atoms with E-state index in [2.05, 4.69) is 13.8 Å². The van der Waals surface area contributed by atoms with Gasteiger partial charge in [-0.05, 0) is 36.5 Å². The third-order valence-electron chi connectivity index (χ3n) is 4.69. The maximum Gasteiger partial charge on any atom is 0.310 e.